The fourth-order valence-electron chi connectivity index (χ4n) is 6.74. The van der Waals surface area contributed by atoms with Crippen LogP contribution in [-0.4, -0.2) is 78.1 Å². The molecule has 11 nitrogen and oxygen atoms in total. The zero-order valence-electron chi connectivity index (χ0n) is 23.0. The molecular weight excluding hydrogens is 595 g/mol. The van der Waals surface area contributed by atoms with E-state index in [-0.39, 0.29) is 30.0 Å². The second-order valence-electron chi connectivity index (χ2n) is 10.4. The first-order chi connectivity index (χ1) is 20.4. The number of esters is 1. The summed E-state index contributed by atoms with van der Waals surface area (Å²) in [6, 6.07) is 9.58. The van der Waals surface area contributed by atoms with Crippen LogP contribution in [-0.2, 0) is 39.3 Å². The molecule has 0 aromatic heterocycles. The average Bonchev–Trinajstić information content (AvgIpc) is 3.55. The molecule has 2 heterocycles. The van der Waals surface area contributed by atoms with Crippen LogP contribution in [0.15, 0.2) is 58.4 Å². The van der Waals surface area contributed by atoms with Gasteiger partial charge in [0.15, 0.2) is 0 Å². The fourth-order valence-corrected chi connectivity index (χ4v) is 8.47. The Kier molecular flexibility index (Phi) is 7.88. The zero-order valence-corrected chi connectivity index (χ0v) is 23.9. The molecule has 0 saturated heterocycles. The van der Waals surface area contributed by atoms with Crippen LogP contribution < -0.4 is 14.4 Å². The van der Waals surface area contributed by atoms with E-state index < -0.39 is 64.0 Å². The SMILES string of the molecule is COC(=O)[C@@H]1[C@H]([C@H](COC=O)NC(=O)C(F)(F)F)CC2=NCC[C@@]23c2ccccc2N(S(=O)(=O)c2ccc(OC)cc2)[C@@H]13. The van der Waals surface area contributed by atoms with Crippen LogP contribution in [0.4, 0.5) is 18.9 Å². The molecule has 5 atom stereocenters. The number of methoxy groups -OCH3 is 2. The second kappa shape index (κ2) is 11.2. The maximum atomic E-state index is 14.5. The van der Waals surface area contributed by atoms with Crippen LogP contribution in [0, 0.1) is 11.8 Å². The molecule has 15 heteroatoms. The van der Waals surface area contributed by atoms with Crippen molar-refractivity contribution in [1.29, 1.82) is 0 Å². The summed E-state index contributed by atoms with van der Waals surface area (Å²) in [6.45, 7) is -0.442. The van der Waals surface area contributed by atoms with Crippen LogP contribution in [0.5, 0.6) is 5.75 Å². The van der Waals surface area contributed by atoms with Crippen LogP contribution in [0.3, 0.4) is 0 Å². The number of alkyl halides is 3. The molecule has 0 radical (unpaired) electrons. The van der Waals surface area contributed by atoms with E-state index >= 15 is 0 Å². The molecule has 2 aromatic carbocycles. The van der Waals surface area contributed by atoms with Crippen LogP contribution >= 0.6 is 0 Å². The largest absolute Gasteiger partial charge is 0.497 e. The van der Waals surface area contributed by atoms with E-state index in [9.17, 15) is 36.0 Å². The van der Waals surface area contributed by atoms with Gasteiger partial charge in [-0.25, -0.2) is 8.42 Å². The predicted molar refractivity (Wildman–Crippen MR) is 145 cm³/mol. The monoisotopic (exact) mass is 623 g/mol. The number of rotatable bonds is 9. The highest BCUT2D eigenvalue weighted by molar-refractivity contribution is 7.93. The van der Waals surface area contributed by atoms with Gasteiger partial charge in [0.25, 0.3) is 16.5 Å². The lowest BCUT2D eigenvalue weighted by Gasteiger charge is -2.49. The molecular formula is C28H28F3N3O8S. The Hall–Kier alpha value is -4.14. The molecule has 1 saturated carbocycles. The topological polar surface area (TPSA) is 141 Å². The molecule has 1 aliphatic carbocycles. The number of fused-ring (bicyclic) bond motifs is 1. The Morgan fingerprint density at radius 1 is 1.16 bits per heavy atom. The standard InChI is InChI=1S/C28H28F3N3O8S/c1-40-16-7-9-17(10-8-16)43(38,39)34-21-6-4-3-5-19(21)27-11-12-32-22(27)13-18(23(24(27)34)25(36)41-2)20(14-42-15-35)33-26(37)28(29,30)31/h3-10,15,18,20,23-24H,11-14H2,1-2H3,(H,33,37)/t18-,20-,23+,24-,27+/m0/s1. The number of amides is 1. The van der Waals surface area contributed by atoms with Crippen molar-refractivity contribution in [1.82, 2.24) is 5.32 Å². The third kappa shape index (κ3) is 4.88. The first kappa shape index (κ1) is 30.3. The number of benzene rings is 2. The van der Waals surface area contributed by atoms with E-state index in [2.05, 4.69) is 4.99 Å². The van der Waals surface area contributed by atoms with Gasteiger partial charge >= 0.3 is 18.1 Å². The number of hydrogen-bond acceptors (Lipinski definition) is 9. The predicted octanol–water partition coefficient (Wildman–Crippen LogP) is 2.38. The lowest BCUT2D eigenvalue weighted by molar-refractivity contribution is -0.176. The van der Waals surface area contributed by atoms with Crippen molar-refractivity contribution in [2.24, 2.45) is 16.8 Å². The van der Waals surface area contributed by atoms with E-state index in [1.165, 1.54) is 31.4 Å². The third-order valence-electron chi connectivity index (χ3n) is 8.46. The van der Waals surface area contributed by atoms with Gasteiger partial charge in [-0.15, -0.1) is 0 Å². The summed E-state index contributed by atoms with van der Waals surface area (Å²) in [5, 5.41) is 1.85. The van der Waals surface area contributed by atoms with Crippen molar-refractivity contribution in [2.45, 2.75) is 41.4 Å². The summed E-state index contributed by atoms with van der Waals surface area (Å²) in [4.78, 5) is 41.3. The minimum atomic E-state index is -5.28. The molecule has 2 aliphatic heterocycles. The highest BCUT2D eigenvalue weighted by Gasteiger charge is 2.67. The quantitative estimate of drug-likeness (QED) is 0.332. The Morgan fingerprint density at radius 3 is 2.49 bits per heavy atom. The van der Waals surface area contributed by atoms with Gasteiger partial charge in [0.2, 0.25) is 0 Å². The number of anilines is 1. The number of nitrogens with zero attached hydrogens (tertiary/aromatic N) is 2. The van der Waals surface area contributed by atoms with Gasteiger partial charge in [0.1, 0.15) is 12.4 Å². The highest BCUT2D eigenvalue weighted by atomic mass is 32.2. The Morgan fingerprint density at radius 2 is 1.86 bits per heavy atom. The molecule has 43 heavy (non-hydrogen) atoms. The Balaban J connectivity index is 1.72. The smallest absolute Gasteiger partial charge is 0.471 e. The number of ether oxygens (including phenoxy) is 3. The van der Waals surface area contributed by atoms with Gasteiger partial charge in [-0.05, 0) is 48.7 Å². The number of para-hydroxylation sites is 1. The molecule has 5 rings (SSSR count). The van der Waals surface area contributed by atoms with Crippen molar-refractivity contribution in [3.8, 4) is 5.75 Å². The number of halogens is 3. The summed E-state index contributed by atoms with van der Waals surface area (Å²) >= 11 is 0. The summed E-state index contributed by atoms with van der Waals surface area (Å²) in [5.41, 5.74) is 0.253. The number of sulfonamides is 1. The van der Waals surface area contributed by atoms with Crippen molar-refractivity contribution in [2.75, 3.05) is 31.7 Å². The van der Waals surface area contributed by atoms with E-state index in [1.54, 1.807) is 24.3 Å². The van der Waals surface area contributed by atoms with E-state index in [0.717, 1.165) is 11.4 Å². The second-order valence-corrected chi connectivity index (χ2v) is 12.2. The number of hydrogen-bond donors (Lipinski definition) is 1. The fraction of sp³-hybridized carbons (Fsp3) is 0.429. The van der Waals surface area contributed by atoms with Crippen molar-refractivity contribution < 1.29 is 50.2 Å². The molecule has 0 bridgehead atoms. The van der Waals surface area contributed by atoms with E-state index in [1.807, 2.05) is 5.32 Å². The maximum Gasteiger partial charge on any atom is 0.471 e. The normalized spacial score (nSPS) is 25.0. The van der Waals surface area contributed by atoms with Gasteiger partial charge in [-0.3, -0.25) is 23.7 Å². The van der Waals surface area contributed by atoms with Gasteiger partial charge in [-0.2, -0.15) is 13.2 Å². The highest BCUT2D eigenvalue weighted by Crippen LogP contribution is 2.59. The van der Waals surface area contributed by atoms with Crippen molar-refractivity contribution in [3.63, 3.8) is 0 Å². The molecule has 3 aliphatic rings. The molecule has 0 unspecified atom stereocenters. The minimum Gasteiger partial charge on any atom is -0.497 e. The number of nitrogens with one attached hydrogen (secondary N) is 1. The van der Waals surface area contributed by atoms with E-state index in [4.69, 9.17) is 14.2 Å². The summed E-state index contributed by atoms with van der Waals surface area (Å²) in [6.07, 6.45) is -5.05. The number of carbonyl (C=O) groups excluding carboxylic acids is 3. The molecule has 1 N–H and O–H groups in total. The first-order valence-corrected chi connectivity index (χ1v) is 14.7. The minimum absolute atomic E-state index is 0.00592. The zero-order chi connectivity index (χ0) is 31.2. The molecule has 1 fully saturated rings. The number of aliphatic imine (C=N–C) groups is 1. The van der Waals surface area contributed by atoms with Gasteiger partial charge in [-0.1, -0.05) is 18.2 Å². The van der Waals surface area contributed by atoms with Crippen molar-refractivity contribution >= 4 is 39.8 Å². The maximum absolute atomic E-state index is 14.5. The lowest BCUT2D eigenvalue weighted by atomic mass is 9.58. The average molecular weight is 624 g/mol. The Bertz CT molecular complexity index is 1560. The summed E-state index contributed by atoms with van der Waals surface area (Å²) < 4.78 is 85.2. The van der Waals surface area contributed by atoms with Gasteiger partial charge in [0, 0.05) is 18.2 Å². The lowest BCUT2D eigenvalue weighted by Crippen LogP contribution is -2.65. The third-order valence-corrected chi connectivity index (χ3v) is 10.3. The molecule has 2 aromatic rings. The molecule has 230 valence electrons. The molecule has 1 amide bonds. The summed E-state index contributed by atoms with van der Waals surface area (Å²) in [7, 11) is -1.91. The first-order valence-electron chi connectivity index (χ1n) is 13.2. The van der Waals surface area contributed by atoms with Crippen LogP contribution in [0.25, 0.3) is 0 Å². The van der Waals surface area contributed by atoms with Gasteiger partial charge < -0.3 is 19.5 Å². The van der Waals surface area contributed by atoms with Gasteiger partial charge in [0.05, 0.1) is 48.2 Å². The number of carbonyl (C=O) groups is 3. The molecule has 1 spiro atoms. The van der Waals surface area contributed by atoms with Crippen molar-refractivity contribution in [3.05, 3.63) is 54.1 Å². The van der Waals surface area contributed by atoms with Crippen LogP contribution in [0.1, 0.15) is 18.4 Å². The summed E-state index contributed by atoms with van der Waals surface area (Å²) in [5.74, 6) is -5.41. The Labute approximate surface area is 245 Å². The van der Waals surface area contributed by atoms with Crippen LogP contribution in [0.2, 0.25) is 0 Å². The van der Waals surface area contributed by atoms with E-state index in [0.29, 0.717) is 23.4 Å².